The van der Waals surface area contributed by atoms with Gasteiger partial charge in [-0.15, -0.1) is 0 Å². The standard InChI is InChI=1S/C16H26N4O/c1-3-15-17-8-10-20(15)14-5-4-9-19(11-14)16(21)12-18(2)13-6-7-13/h8,10,13-14H,3-7,9,11-12H2,1-2H3/t14-/m0/s1. The molecule has 1 atom stereocenters. The Labute approximate surface area is 126 Å². The number of rotatable bonds is 5. The number of amides is 1. The molecule has 1 aliphatic carbocycles. The molecule has 116 valence electrons. The number of piperidine rings is 1. The Morgan fingerprint density at radius 1 is 1.43 bits per heavy atom. The zero-order chi connectivity index (χ0) is 14.8. The molecule has 1 saturated heterocycles. The van der Waals surface area contributed by atoms with Gasteiger partial charge >= 0.3 is 0 Å². The maximum Gasteiger partial charge on any atom is 0.236 e. The summed E-state index contributed by atoms with van der Waals surface area (Å²) in [5.41, 5.74) is 0. The molecule has 5 nitrogen and oxygen atoms in total. The summed E-state index contributed by atoms with van der Waals surface area (Å²) < 4.78 is 2.27. The van der Waals surface area contributed by atoms with E-state index in [0.29, 0.717) is 18.6 Å². The number of aryl methyl sites for hydroxylation is 1. The van der Waals surface area contributed by atoms with Gasteiger partial charge in [-0.3, -0.25) is 9.69 Å². The molecule has 21 heavy (non-hydrogen) atoms. The number of likely N-dealkylation sites (tertiary alicyclic amines) is 1. The van der Waals surface area contributed by atoms with Crippen molar-refractivity contribution in [1.82, 2.24) is 19.4 Å². The van der Waals surface area contributed by atoms with Crippen molar-refractivity contribution < 1.29 is 4.79 Å². The van der Waals surface area contributed by atoms with Crippen molar-refractivity contribution in [3.8, 4) is 0 Å². The Morgan fingerprint density at radius 3 is 2.95 bits per heavy atom. The Bertz CT molecular complexity index is 494. The minimum atomic E-state index is 0.285. The number of aromatic nitrogens is 2. The fourth-order valence-electron chi connectivity index (χ4n) is 3.32. The molecule has 0 spiro atoms. The molecule has 2 fully saturated rings. The average molecular weight is 290 g/mol. The predicted molar refractivity (Wildman–Crippen MR) is 82.1 cm³/mol. The summed E-state index contributed by atoms with van der Waals surface area (Å²) in [6.07, 6.45) is 9.62. The van der Waals surface area contributed by atoms with Crippen molar-refractivity contribution in [3.05, 3.63) is 18.2 Å². The van der Waals surface area contributed by atoms with Crippen molar-refractivity contribution in [2.75, 3.05) is 26.7 Å². The number of hydrogen-bond donors (Lipinski definition) is 0. The van der Waals surface area contributed by atoms with E-state index in [0.717, 1.165) is 38.2 Å². The van der Waals surface area contributed by atoms with Gasteiger partial charge < -0.3 is 9.47 Å². The zero-order valence-electron chi connectivity index (χ0n) is 13.2. The topological polar surface area (TPSA) is 41.4 Å². The second-order valence-electron chi connectivity index (χ2n) is 6.39. The molecule has 1 aromatic heterocycles. The maximum absolute atomic E-state index is 12.5. The minimum Gasteiger partial charge on any atom is -0.340 e. The molecule has 1 aliphatic heterocycles. The SMILES string of the molecule is CCc1nccn1[C@H]1CCCN(C(=O)CN(C)C2CC2)C1. The highest BCUT2D eigenvalue weighted by Crippen LogP contribution is 2.26. The second kappa shape index (κ2) is 6.18. The number of likely N-dealkylation sites (N-methyl/N-ethyl adjacent to an activating group) is 1. The third-order valence-electron chi connectivity index (χ3n) is 4.76. The lowest BCUT2D eigenvalue weighted by molar-refractivity contribution is -0.133. The number of nitrogens with zero attached hydrogens (tertiary/aromatic N) is 4. The van der Waals surface area contributed by atoms with Crippen LogP contribution < -0.4 is 0 Å². The van der Waals surface area contributed by atoms with Crippen LogP contribution in [0.25, 0.3) is 0 Å². The molecule has 5 heteroatoms. The van der Waals surface area contributed by atoms with Gasteiger partial charge in [0.25, 0.3) is 0 Å². The van der Waals surface area contributed by atoms with Crippen LogP contribution in [0.5, 0.6) is 0 Å². The first-order valence-electron chi connectivity index (χ1n) is 8.18. The quantitative estimate of drug-likeness (QED) is 0.829. The number of hydrogen-bond acceptors (Lipinski definition) is 3. The van der Waals surface area contributed by atoms with E-state index in [9.17, 15) is 4.79 Å². The molecule has 0 bridgehead atoms. The highest BCUT2D eigenvalue weighted by atomic mass is 16.2. The van der Waals surface area contributed by atoms with Crippen LogP contribution in [0, 0.1) is 0 Å². The Kier molecular flexibility index (Phi) is 4.29. The van der Waals surface area contributed by atoms with Crippen molar-refractivity contribution in [2.24, 2.45) is 0 Å². The van der Waals surface area contributed by atoms with E-state index >= 15 is 0 Å². The van der Waals surface area contributed by atoms with Gasteiger partial charge in [-0.25, -0.2) is 4.98 Å². The van der Waals surface area contributed by atoms with Gasteiger partial charge in [-0.2, -0.15) is 0 Å². The molecule has 0 radical (unpaired) electrons. The van der Waals surface area contributed by atoms with Crippen LogP contribution in [0.1, 0.15) is 44.5 Å². The van der Waals surface area contributed by atoms with Crippen LogP contribution in [0.3, 0.4) is 0 Å². The lowest BCUT2D eigenvalue weighted by Gasteiger charge is -2.35. The Morgan fingerprint density at radius 2 is 2.24 bits per heavy atom. The Hall–Kier alpha value is -1.36. The first-order valence-corrected chi connectivity index (χ1v) is 8.18. The number of carbonyl (C=O) groups excluding carboxylic acids is 1. The number of imidazole rings is 1. The van der Waals surface area contributed by atoms with Gasteiger partial charge in [0.05, 0.1) is 12.6 Å². The summed E-state index contributed by atoms with van der Waals surface area (Å²) >= 11 is 0. The Balaban J connectivity index is 1.61. The molecule has 0 N–H and O–H groups in total. The molecule has 1 aromatic rings. The lowest BCUT2D eigenvalue weighted by atomic mass is 10.1. The van der Waals surface area contributed by atoms with E-state index in [2.05, 4.69) is 34.6 Å². The monoisotopic (exact) mass is 290 g/mol. The molecule has 1 saturated carbocycles. The molecule has 3 rings (SSSR count). The normalized spacial score (nSPS) is 22.8. The van der Waals surface area contributed by atoms with Crippen LogP contribution >= 0.6 is 0 Å². The van der Waals surface area contributed by atoms with Gasteiger partial charge in [-0.05, 0) is 32.7 Å². The first-order chi connectivity index (χ1) is 10.2. The van der Waals surface area contributed by atoms with Gasteiger partial charge in [0.1, 0.15) is 5.82 Å². The maximum atomic E-state index is 12.5. The minimum absolute atomic E-state index is 0.285. The molecule has 1 amide bonds. The van der Waals surface area contributed by atoms with Gasteiger partial charge in [0, 0.05) is 37.9 Å². The average Bonchev–Trinajstić information content (AvgIpc) is 3.25. The fraction of sp³-hybridized carbons (Fsp3) is 0.750. The van der Waals surface area contributed by atoms with Crippen molar-refractivity contribution in [1.29, 1.82) is 0 Å². The van der Waals surface area contributed by atoms with E-state index in [1.54, 1.807) is 0 Å². The van der Waals surface area contributed by atoms with Gasteiger partial charge in [-0.1, -0.05) is 6.92 Å². The van der Waals surface area contributed by atoms with E-state index in [1.807, 2.05) is 11.1 Å². The number of carbonyl (C=O) groups is 1. The van der Waals surface area contributed by atoms with E-state index in [-0.39, 0.29) is 5.91 Å². The van der Waals surface area contributed by atoms with Crippen LogP contribution in [0.4, 0.5) is 0 Å². The summed E-state index contributed by atoms with van der Waals surface area (Å²) in [4.78, 5) is 21.1. The molecule has 0 aromatic carbocycles. The third kappa shape index (κ3) is 3.28. The summed E-state index contributed by atoms with van der Waals surface area (Å²) in [5.74, 6) is 1.41. The van der Waals surface area contributed by atoms with E-state index in [1.165, 1.54) is 12.8 Å². The summed E-state index contributed by atoms with van der Waals surface area (Å²) in [6, 6.07) is 1.04. The largest absolute Gasteiger partial charge is 0.340 e. The summed E-state index contributed by atoms with van der Waals surface area (Å²) in [5, 5.41) is 0. The van der Waals surface area contributed by atoms with Crippen LogP contribution in [-0.2, 0) is 11.2 Å². The van der Waals surface area contributed by atoms with Crippen LogP contribution in [0.15, 0.2) is 12.4 Å². The smallest absolute Gasteiger partial charge is 0.236 e. The van der Waals surface area contributed by atoms with Gasteiger partial charge in [0.2, 0.25) is 5.91 Å². The van der Waals surface area contributed by atoms with E-state index in [4.69, 9.17) is 0 Å². The summed E-state index contributed by atoms with van der Waals surface area (Å²) in [6.45, 7) is 4.45. The second-order valence-corrected chi connectivity index (χ2v) is 6.39. The lowest BCUT2D eigenvalue weighted by Crippen LogP contribution is -2.45. The molecule has 2 heterocycles. The van der Waals surface area contributed by atoms with Crippen molar-refractivity contribution in [3.63, 3.8) is 0 Å². The third-order valence-corrected chi connectivity index (χ3v) is 4.76. The first kappa shape index (κ1) is 14.6. The molecular formula is C16H26N4O. The fourth-order valence-corrected chi connectivity index (χ4v) is 3.32. The van der Waals surface area contributed by atoms with Crippen LogP contribution in [-0.4, -0.2) is 58.0 Å². The van der Waals surface area contributed by atoms with Crippen LogP contribution in [0.2, 0.25) is 0 Å². The molecular weight excluding hydrogens is 264 g/mol. The zero-order valence-corrected chi connectivity index (χ0v) is 13.2. The highest BCUT2D eigenvalue weighted by molar-refractivity contribution is 5.78. The highest BCUT2D eigenvalue weighted by Gasteiger charge is 2.30. The summed E-state index contributed by atoms with van der Waals surface area (Å²) in [7, 11) is 2.07. The van der Waals surface area contributed by atoms with Crippen molar-refractivity contribution >= 4 is 5.91 Å². The van der Waals surface area contributed by atoms with Crippen molar-refractivity contribution in [2.45, 2.75) is 51.1 Å². The molecule has 2 aliphatic rings. The molecule has 0 unspecified atom stereocenters. The van der Waals surface area contributed by atoms with Gasteiger partial charge in [0.15, 0.2) is 0 Å². The van der Waals surface area contributed by atoms with E-state index < -0.39 is 0 Å². The predicted octanol–water partition coefficient (Wildman–Crippen LogP) is 1.70.